The van der Waals surface area contributed by atoms with Gasteiger partial charge in [0.2, 0.25) is 0 Å². The molecular weight excluding hydrogens is 168 g/mol. The van der Waals surface area contributed by atoms with Gasteiger partial charge in [0, 0.05) is 18.7 Å². The fraction of sp³-hybridized carbons (Fsp3) is 0.333. The molecular formula is C9H10N2O2. The first kappa shape index (κ1) is 8.04. The number of hydrogen-bond donors (Lipinski definition) is 1. The molecule has 1 aromatic heterocycles. The first-order valence-corrected chi connectivity index (χ1v) is 4.19. The summed E-state index contributed by atoms with van der Waals surface area (Å²) in [5.41, 5.74) is 0.338. The number of hydrogen-bond acceptors (Lipinski definition) is 2. The van der Waals surface area contributed by atoms with Crippen LogP contribution in [-0.2, 0) is 6.54 Å². The lowest BCUT2D eigenvalue weighted by atomic mass is 10.2. The first-order chi connectivity index (χ1) is 6.18. The Hall–Kier alpha value is -1.58. The van der Waals surface area contributed by atoms with Crippen LogP contribution in [0.15, 0.2) is 23.0 Å². The molecule has 1 N–H and O–H groups in total. The molecule has 0 aliphatic carbocycles. The molecule has 13 heavy (non-hydrogen) atoms. The van der Waals surface area contributed by atoms with E-state index in [1.807, 2.05) is 6.92 Å². The Bertz CT molecular complexity index is 408. The summed E-state index contributed by atoms with van der Waals surface area (Å²) >= 11 is 0. The highest BCUT2D eigenvalue weighted by atomic mass is 16.2. The number of pyridine rings is 1. The summed E-state index contributed by atoms with van der Waals surface area (Å²) in [5.74, 6) is -0.170. The Labute approximate surface area is 75.2 Å². The number of carbonyl (C=O) groups is 1. The maximum atomic E-state index is 11.4. The normalized spacial score (nSPS) is 20.7. The number of nitrogens with one attached hydrogen (secondary N) is 1. The smallest absolute Gasteiger partial charge is 0.268 e. The van der Waals surface area contributed by atoms with Crippen LogP contribution >= 0.6 is 0 Å². The minimum Gasteiger partial charge on any atom is -0.347 e. The van der Waals surface area contributed by atoms with Gasteiger partial charge >= 0.3 is 0 Å². The van der Waals surface area contributed by atoms with Crippen LogP contribution in [0.3, 0.4) is 0 Å². The second kappa shape index (κ2) is 2.73. The molecule has 1 amide bonds. The van der Waals surface area contributed by atoms with E-state index in [9.17, 15) is 9.59 Å². The molecule has 1 aliphatic heterocycles. The van der Waals surface area contributed by atoms with E-state index in [1.54, 1.807) is 12.1 Å². The molecule has 0 fully saturated rings. The van der Waals surface area contributed by atoms with E-state index in [4.69, 9.17) is 0 Å². The highest BCUT2D eigenvalue weighted by Crippen LogP contribution is 2.04. The van der Waals surface area contributed by atoms with Gasteiger partial charge in [-0.2, -0.15) is 0 Å². The molecule has 1 aromatic rings. The highest BCUT2D eigenvalue weighted by Gasteiger charge is 2.20. The summed E-state index contributed by atoms with van der Waals surface area (Å²) in [6, 6.07) is 4.75. The zero-order valence-electron chi connectivity index (χ0n) is 7.28. The Morgan fingerprint density at radius 3 is 3.00 bits per heavy atom. The standard InChI is InChI=1S/C9H10N2O2/c1-6-5-11-7(9(13)10-6)3-2-4-8(11)12/h2-4,6H,5H2,1H3,(H,10,13). The molecule has 1 unspecified atom stereocenters. The van der Waals surface area contributed by atoms with Gasteiger partial charge in [0.1, 0.15) is 5.69 Å². The third-order valence-corrected chi connectivity index (χ3v) is 2.12. The van der Waals surface area contributed by atoms with Gasteiger partial charge in [-0.3, -0.25) is 9.59 Å². The topological polar surface area (TPSA) is 51.1 Å². The summed E-state index contributed by atoms with van der Waals surface area (Å²) in [5, 5.41) is 2.76. The summed E-state index contributed by atoms with van der Waals surface area (Å²) < 4.78 is 1.50. The predicted molar refractivity (Wildman–Crippen MR) is 47.6 cm³/mol. The zero-order chi connectivity index (χ0) is 9.42. The van der Waals surface area contributed by atoms with Crippen LogP contribution in [0.25, 0.3) is 0 Å². The van der Waals surface area contributed by atoms with Gasteiger partial charge in [-0.25, -0.2) is 0 Å². The molecule has 1 aliphatic rings. The number of aromatic nitrogens is 1. The molecule has 1 atom stereocenters. The van der Waals surface area contributed by atoms with E-state index >= 15 is 0 Å². The van der Waals surface area contributed by atoms with Crippen molar-refractivity contribution in [1.29, 1.82) is 0 Å². The monoisotopic (exact) mass is 178 g/mol. The van der Waals surface area contributed by atoms with Gasteiger partial charge in [0.15, 0.2) is 0 Å². The van der Waals surface area contributed by atoms with Gasteiger partial charge in [-0.1, -0.05) is 6.07 Å². The number of nitrogens with zero attached hydrogens (tertiary/aromatic N) is 1. The van der Waals surface area contributed by atoms with Crippen LogP contribution in [0.5, 0.6) is 0 Å². The largest absolute Gasteiger partial charge is 0.347 e. The van der Waals surface area contributed by atoms with E-state index in [0.717, 1.165) is 0 Å². The van der Waals surface area contributed by atoms with Gasteiger partial charge in [-0.15, -0.1) is 0 Å². The molecule has 0 bridgehead atoms. The lowest BCUT2D eigenvalue weighted by Gasteiger charge is -2.23. The predicted octanol–water partition coefficient (Wildman–Crippen LogP) is -0.0198. The quantitative estimate of drug-likeness (QED) is 0.607. The van der Waals surface area contributed by atoms with Crippen molar-refractivity contribution in [1.82, 2.24) is 9.88 Å². The van der Waals surface area contributed by atoms with Crippen molar-refractivity contribution in [2.24, 2.45) is 0 Å². The van der Waals surface area contributed by atoms with Crippen molar-refractivity contribution in [3.63, 3.8) is 0 Å². The van der Waals surface area contributed by atoms with Crippen LogP contribution in [0, 0.1) is 0 Å². The van der Waals surface area contributed by atoms with Crippen molar-refractivity contribution in [2.45, 2.75) is 19.5 Å². The maximum absolute atomic E-state index is 11.4. The van der Waals surface area contributed by atoms with Gasteiger partial charge < -0.3 is 9.88 Å². The Morgan fingerprint density at radius 1 is 1.46 bits per heavy atom. The number of fused-ring (bicyclic) bond motifs is 1. The highest BCUT2D eigenvalue weighted by molar-refractivity contribution is 5.93. The summed E-state index contributed by atoms with van der Waals surface area (Å²) in [6.07, 6.45) is 0. The Balaban J connectivity index is 2.62. The minimum absolute atomic E-state index is 0.0279. The molecule has 0 saturated heterocycles. The van der Waals surface area contributed by atoms with Crippen molar-refractivity contribution >= 4 is 5.91 Å². The average Bonchev–Trinajstić information content (AvgIpc) is 2.07. The van der Waals surface area contributed by atoms with Crippen molar-refractivity contribution in [2.75, 3.05) is 0 Å². The fourth-order valence-electron chi connectivity index (χ4n) is 1.52. The third kappa shape index (κ3) is 1.24. The molecule has 0 aromatic carbocycles. The first-order valence-electron chi connectivity index (χ1n) is 4.19. The van der Waals surface area contributed by atoms with Crippen molar-refractivity contribution < 1.29 is 4.79 Å². The average molecular weight is 178 g/mol. The minimum atomic E-state index is -0.170. The van der Waals surface area contributed by atoms with E-state index < -0.39 is 0 Å². The maximum Gasteiger partial charge on any atom is 0.268 e. The molecule has 0 radical (unpaired) electrons. The zero-order valence-corrected chi connectivity index (χ0v) is 7.28. The number of carbonyl (C=O) groups excluding carboxylic acids is 1. The molecule has 4 heteroatoms. The molecule has 68 valence electrons. The van der Waals surface area contributed by atoms with E-state index in [0.29, 0.717) is 12.2 Å². The van der Waals surface area contributed by atoms with Crippen LogP contribution in [0.1, 0.15) is 17.4 Å². The molecule has 2 rings (SSSR count). The van der Waals surface area contributed by atoms with Gasteiger partial charge in [0.25, 0.3) is 11.5 Å². The van der Waals surface area contributed by atoms with Crippen molar-refractivity contribution in [3.8, 4) is 0 Å². The summed E-state index contributed by atoms with van der Waals surface area (Å²) in [4.78, 5) is 22.7. The van der Waals surface area contributed by atoms with Crippen molar-refractivity contribution in [3.05, 3.63) is 34.2 Å². The fourth-order valence-corrected chi connectivity index (χ4v) is 1.52. The Kier molecular flexibility index (Phi) is 1.69. The molecule has 0 saturated carbocycles. The second-order valence-electron chi connectivity index (χ2n) is 3.23. The molecule has 0 spiro atoms. The third-order valence-electron chi connectivity index (χ3n) is 2.12. The lowest BCUT2D eigenvalue weighted by Crippen LogP contribution is -2.46. The molecule has 2 heterocycles. The van der Waals surface area contributed by atoms with Crippen LogP contribution in [-0.4, -0.2) is 16.5 Å². The summed E-state index contributed by atoms with van der Waals surface area (Å²) in [6.45, 7) is 2.43. The van der Waals surface area contributed by atoms with Crippen LogP contribution in [0.4, 0.5) is 0 Å². The summed E-state index contributed by atoms with van der Waals surface area (Å²) in [7, 11) is 0. The second-order valence-corrected chi connectivity index (χ2v) is 3.23. The van der Waals surface area contributed by atoms with Crippen LogP contribution in [0.2, 0.25) is 0 Å². The number of amides is 1. The SMILES string of the molecule is CC1Cn2c(cccc2=O)C(=O)N1. The van der Waals surface area contributed by atoms with E-state index in [2.05, 4.69) is 5.32 Å². The molecule has 4 nitrogen and oxygen atoms in total. The van der Waals surface area contributed by atoms with E-state index in [-0.39, 0.29) is 17.5 Å². The van der Waals surface area contributed by atoms with Gasteiger partial charge in [0.05, 0.1) is 0 Å². The van der Waals surface area contributed by atoms with Gasteiger partial charge in [-0.05, 0) is 13.0 Å². The number of rotatable bonds is 0. The van der Waals surface area contributed by atoms with Crippen LogP contribution < -0.4 is 10.9 Å². The Morgan fingerprint density at radius 2 is 2.23 bits per heavy atom. The lowest BCUT2D eigenvalue weighted by molar-refractivity contribution is 0.0903. The van der Waals surface area contributed by atoms with E-state index in [1.165, 1.54) is 10.6 Å².